The van der Waals surface area contributed by atoms with Gasteiger partial charge in [0.1, 0.15) is 5.82 Å². The number of benzene rings is 1. The molecule has 3 aromatic rings. The normalized spacial score (nSPS) is 13.3. The number of hydrogen-bond donors (Lipinski definition) is 1. The number of hydrogen-bond acceptors (Lipinski definition) is 4. The molecule has 0 fully saturated rings. The topological polar surface area (TPSA) is 79.0 Å². The van der Waals surface area contributed by atoms with E-state index in [1.165, 1.54) is 0 Å². The molecule has 0 saturated carbocycles. The number of aromatic nitrogens is 3. The zero-order valence-electron chi connectivity index (χ0n) is 14.5. The molecule has 1 aliphatic rings. The minimum Gasteiger partial charge on any atom is -0.336 e. The van der Waals surface area contributed by atoms with Gasteiger partial charge >= 0.3 is 0 Å². The van der Waals surface area contributed by atoms with Gasteiger partial charge in [-0.2, -0.15) is 0 Å². The quantitative estimate of drug-likeness (QED) is 0.757. The van der Waals surface area contributed by atoms with Crippen molar-refractivity contribution in [2.24, 2.45) is 0 Å². The molecule has 4 rings (SSSR count). The van der Waals surface area contributed by atoms with E-state index in [1.807, 2.05) is 18.2 Å². The number of halogens is 1. The largest absolute Gasteiger partial charge is 0.336 e. The first kappa shape index (κ1) is 17.4. The van der Waals surface area contributed by atoms with E-state index in [4.69, 9.17) is 11.6 Å². The molecular formula is C20H17ClN4O2. The van der Waals surface area contributed by atoms with Gasteiger partial charge in [0.05, 0.1) is 18.7 Å². The van der Waals surface area contributed by atoms with Crippen molar-refractivity contribution in [3.63, 3.8) is 0 Å². The molecule has 6 nitrogen and oxygen atoms in total. The molecule has 0 radical (unpaired) electrons. The highest BCUT2D eigenvalue weighted by atomic mass is 35.5. The number of pyridine rings is 1. The second-order valence-electron chi connectivity index (χ2n) is 6.41. The van der Waals surface area contributed by atoms with E-state index < -0.39 is 0 Å². The highest BCUT2D eigenvalue weighted by Gasteiger charge is 2.25. The molecule has 1 aromatic carbocycles. The van der Waals surface area contributed by atoms with Crippen LogP contribution in [0.2, 0.25) is 5.02 Å². The lowest BCUT2D eigenvalue weighted by Gasteiger charge is -2.28. The van der Waals surface area contributed by atoms with Crippen LogP contribution in [0.15, 0.2) is 53.6 Å². The monoisotopic (exact) mass is 380 g/mol. The number of carbonyl (C=O) groups excluding carboxylic acids is 1. The lowest BCUT2D eigenvalue weighted by Crippen LogP contribution is -2.40. The van der Waals surface area contributed by atoms with Crippen molar-refractivity contribution >= 4 is 17.5 Å². The predicted molar refractivity (Wildman–Crippen MR) is 102 cm³/mol. The fourth-order valence-corrected chi connectivity index (χ4v) is 3.42. The second-order valence-corrected chi connectivity index (χ2v) is 6.82. The highest BCUT2D eigenvalue weighted by molar-refractivity contribution is 6.31. The van der Waals surface area contributed by atoms with Crippen molar-refractivity contribution in [3.8, 4) is 11.4 Å². The van der Waals surface area contributed by atoms with E-state index in [-0.39, 0.29) is 17.9 Å². The van der Waals surface area contributed by atoms with E-state index >= 15 is 0 Å². The van der Waals surface area contributed by atoms with Crippen molar-refractivity contribution in [1.29, 1.82) is 0 Å². The summed E-state index contributed by atoms with van der Waals surface area (Å²) in [6.07, 6.45) is 4.01. The molecule has 1 amide bonds. The van der Waals surface area contributed by atoms with Crippen LogP contribution in [-0.4, -0.2) is 32.3 Å². The Morgan fingerprint density at radius 3 is 2.74 bits per heavy atom. The van der Waals surface area contributed by atoms with Gasteiger partial charge in [0, 0.05) is 35.1 Å². The molecule has 1 N–H and O–H groups in total. The third kappa shape index (κ3) is 3.61. The standard InChI is InChI=1S/C20H17ClN4O2/c21-16-4-2-1-3-14(16)11-18(26)25-10-7-15-17(12-25)23-19(24-20(15)27)13-5-8-22-9-6-13/h1-6,8-9H,7,10-12H2,(H,23,24,27). The summed E-state index contributed by atoms with van der Waals surface area (Å²) < 4.78 is 0. The van der Waals surface area contributed by atoms with Gasteiger partial charge in [-0.3, -0.25) is 14.6 Å². The summed E-state index contributed by atoms with van der Waals surface area (Å²) in [6.45, 7) is 0.816. The second kappa shape index (κ2) is 7.32. The Hall–Kier alpha value is -2.99. The first-order valence-electron chi connectivity index (χ1n) is 8.65. The Labute approximate surface area is 160 Å². The summed E-state index contributed by atoms with van der Waals surface area (Å²) in [7, 11) is 0. The van der Waals surface area contributed by atoms with Crippen molar-refractivity contribution in [3.05, 3.63) is 81.0 Å². The maximum Gasteiger partial charge on any atom is 0.254 e. The average Bonchev–Trinajstić information content (AvgIpc) is 2.70. The van der Waals surface area contributed by atoms with E-state index in [9.17, 15) is 9.59 Å². The maximum absolute atomic E-state index is 12.7. The molecule has 1 aliphatic heterocycles. The summed E-state index contributed by atoms with van der Waals surface area (Å²) >= 11 is 6.16. The summed E-state index contributed by atoms with van der Waals surface area (Å²) in [5, 5.41) is 0.581. The number of fused-ring (bicyclic) bond motifs is 1. The summed E-state index contributed by atoms with van der Waals surface area (Å²) in [4.78, 5) is 38.3. The van der Waals surface area contributed by atoms with Crippen LogP contribution in [0.3, 0.4) is 0 Å². The van der Waals surface area contributed by atoms with E-state index in [1.54, 1.807) is 35.5 Å². The summed E-state index contributed by atoms with van der Waals surface area (Å²) in [5.74, 6) is 0.461. The molecule has 3 heterocycles. The Morgan fingerprint density at radius 1 is 1.19 bits per heavy atom. The number of nitrogens with zero attached hydrogens (tertiary/aromatic N) is 3. The minimum absolute atomic E-state index is 0.0266. The molecule has 0 atom stereocenters. The number of amides is 1. The van der Waals surface area contributed by atoms with Crippen molar-refractivity contribution < 1.29 is 4.79 Å². The van der Waals surface area contributed by atoms with Crippen LogP contribution >= 0.6 is 11.6 Å². The van der Waals surface area contributed by atoms with E-state index in [2.05, 4.69) is 15.0 Å². The molecule has 0 aliphatic carbocycles. The summed E-state index contributed by atoms with van der Waals surface area (Å²) in [6, 6.07) is 10.9. The molecule has 27 heavy (non-hydrogen) atoms. The molecular weight excluding hydrogens is 364 g/mol. The zero-order valence-corrected chi connectivity index (χ0v) is 15.2. The lowest BCUT2D eigenvalue weighted by molar-refractivity contribution is -0.131. The van der Waals surface area contributed by atoms with Crippen molar-refractivity contribution in [2.75, 3.05) is 6.54 Å². The Morgan fingerprint density at radius 2 is 1.96 bits per heavy atom. The number of nitrogens with one attached hydrogen (secondary N) is 1. The Bertz CT molecular complexity index is 1050. The maximum atomic E-state index is 12.7. The van der Waals surface area contributed by atoms with Gasteiger partial charge in [0.2, 0.25) is 5.91 Å². The number of H-pyrrole nitrogens is 1. The molecule has 0 unspecified atom stereocenters. The zero-order chi connectivity index (χ0) is 18.8. The fraction of sp³-hybridized carbons (Fsp3) is 0.200. The van der Waals surface area contributed by atoms with Crippen LogP contribution in [0.25, 0.3) is 11.4 Å². The number of rotatable bonds is 3. The minimum atomic E-state index is -0.148. The molecule has 0 spiro atoms. The van der Waals surface area contributed by atoms with Crippen LogP contribution in [-0.2, 0) is 24.2 Å². The van der Waals surface area contributed by atoms with Crippen LogP contribution in [0.5, 0.6) is 0 Å². The first-order chi connectivity index (χ1) is 13.1. The Kier molecular flexibility index (Phi) is 4.73. The van der Waals surface area contributed by atoms with Crippen LogP contribution in [0, 0.1) is 0 Å². The average molecular weight is 381 g/mol. The third-order valence-corrected chi connectivity index (χ3v) is 5.05. The van der Waals surface area contributed by atoms with Gasteiger partial charge in [0.15, 0.2) is 0 Å². The predicted octanol–water partition coefficient (Wildman–Crippen LogP) is 2.61. The van der Waals surface area contributed by atoms with Gasteiger partial charge in [-0.05, 0) is 30.2 Å². The summed E-state index contributed by atoms with van der Waals surface area (Å²) in [5.41, 5.74) is 2.72. The van der Waals surface area contributed by atoms with E-state index in [0.29, 0.717) is 41.6 Å². The van der Waals surface area contributed by atoms with Crippen molar-refractivity contribution in [1.82, 2.24) is 19.9 Å². The van der Waals surface area contributed by atoms with Gasteiger partial charge < -0.3 is 9.88 Å². The molecule has 0 bridgehead atoms. The number of carbonyl (C=O) groups is 1. The van der Waals surface area contributed by atoms with Crippen LogP contribution < -0.4 is 5.56 Å². The van der Waals surface area contributed by atoms with Gasteiger partial charge in [-0.25, -0.2) is 4.98 Å². The van der Waals surface area contributed by atoms with Gasteiger partial charge in [0.25, 0.3) is 5.56 Å². The highest BCUT2D eigenvalue weighted by Crippen LogP contribution is 2.21. The molecule has 136 valence electrons. The fourth-order valence-electron chi connectivity index (χ4n) is 3.22. The van der Waals surface area contributed by atoms with E-state index in [0.717, 1.165) is 11.1 Å². The van der Waals surface area contributed by atoms with Crippen LogP contribution in [0.1, 0.15) is 16.8 Å². The number of aromatic amines is 1. The lowest BCUT2D eigenvalue weighted by atomic mass is 10.0. The SMILES string of the molecule is O=C(Cc1ccccc1Cl)N1CCc2c(nc(-c3ccncc3)[nH]c2=O)C1. The third-order valence-electron chi connectivity index (χ3n) is 4.68. The molecule has 7 heteroatoms. The molecule has 2 aromatic heterocycles. The molecule has 0 saturated heterocycles. The Balaban J connectivity index is 1.59. The van der Waals surface area contributed by atoms with Crippen LogP contribution in [0.4, 0.5) is 0 Å². The van der Waals surface area contributed by atoms with Crippen molar-refractivity contribution in [2.45, 2.75) is 19.4 Å². The first-order valence-corrected chi connectivity index (χ1v) is 9.03. The smallest absolute Gasteiger partial charge is 0.254 e. The van der Waals surface area contributed by atoms with Gasteiger partial charge in [-0.15, -0.1) is 0 Å². The van der Waals surface area contributed by atoms with Gasteiger partial charge in [-0.1, -0.05) is 29.8 Å².